The molecule has 3 unspecified atom stereocenters. The van der Waals surface area contributed by atoms with Crippen molar-refractivity contribution in [2.75, 3.05) is 19.9 Å². The molecule has 3 fully saturated rings. The van der Waals surface area contributed by atoms with Gasteiger partial charge in [0.1, 0.15) is 5.82 Å². The second kappa shape index (κ2) is 8.00. The van der Waals surface area contributed by atoms with E-state index in [0.717, 1.165) is 35.9 Å². The van der Waals surface area contributed by atoms with Crippen molar-refractivity contribution in [3.8, 4) is 0 Å². The third-order valence-electron chi connectivity index (χ3n) is 6.72. The monoisotopic (exact) mass is 391 g/mol. The molecule has 0 radical (unpaired) electrons. The number of hydrogen-bond donors (Lipinski definition) is 2. The number of hydrogen-bond acceptors (Lipinski definition) is 3. The summed E-state index contributed by atoms with van der Waals surface area (Å²) in [5, 5.41) is 7.18. The summed E-state index contributed by atoms with van der Waals surface area (Å²) >= 11 is 1.71. The predicted molar refractivity (Wildman–Crippen MR) is 109 cm³/mol. The predicted octanol–water partition coefficient (Wildman–Crippen LogP) is 3.70. The third kappa shape index (κ3) is 3.46. The summed E-state index contributed by atoms with van der Waals surface area (Å²) in [4.78, 5) is 4.46. The number of ether oxygens (including phenoxy) is 1. The van der Waals surface area contributed by atoms with Crippen molar-refractivity contribution in [1.29, 1.82) is 0 Å². The van der Waals surface area contributed by atoms with Crippen LogP contribution in [-0.2, 0) is 17.0 Å². The number of benzene rings is 1. The van der Waals surface area contributed by atoms with Gasteiger partial charge in [0, 0.05) is 43.3 Å². The van der Waals surface area contributed by atoms with Crippen molar-refractivity contribution >= 4 is 17.7 Å². The lowest BCUT2D eigenvalue weighted by Gasteiger charge is -2.57. The average Bonchev–Trinajstić information content (AvgIpc) is 3.32. The first-order valence-electron chi connectivity index (χ1n) is 10.0. The molecule has 2 N–H and O–H groups in total. The maximum Gasteiger partial charge on any atom is 0.191 e. The molecule has 1 heterocycles. The van der Waals surface area contributed by atoms with E-state index in [0.29, 0.717) is 30.0 Å². The van der Waals surface area contributed by atoms with Gasteiger partial charge in [-0.3, -0.25) is 4.99 Å². The fraction of sp³-hybridized carbons (Fsp3) is 0.667. The van der Waals surface area contributed by atoms with Gasteiger partial charge in [-0.2, -0.15) is 11.8 Å². The zero-order valence-corrected chi connectivity index (χ0v) is 17.1. The quantitative estimate of drug-likeness (QED) is 0.593. The molecule has 1 saturated heterocycles. The highest BCUT2D eigenvalue weighted by Crippen LogP contribution is 2.60. The molecule has 3 aliphatic rings. The lowest BCUT2D eigenvalue weighted by Crippen LogP contribution is -2.69. The molecule has 4 nitrogen and oxygen atoms in total. The van der Waals surface area contributed by atoms with E-state index in [2.05, 4.69) is 15.6 Å². The molecule has 4 rings (SSSR count). The molecule has 1 spiro atoms. The number of nitrogens with one attached hydrogen (secondary N) is 2. The minimum Gasteiger partial charge on any atom is -0.377 e. The maximum atomic E-state index is 13.6. The molecule has 2 saturated carbocycles. The summed E-state index contributed by atoms with van der Waals surface area (Å²) in [5.74, 6) is 2.10. The van der Waals surface area contributed by atoms with Gasteiger partial charge in [0.2, 0.25) is 0 Å². The molecule has 2 aliphatic carbocycles. The summed E-state index contributed by atoms with van der Waals surface area (Å²) in [5.41, 5.74) is 2.48. The SMILES string of the molecule is CN=C(NCc1ccc(F)cc1CSC)NC1C2CCOC2C12CCCC2. The fourth-order valence-electron chi connectivity index (χ4n) is 5.48. The molecule has 0 aromatic heterocycles. The standard InChI is InChI=1S/C21H30FN3OS/c1-23-20(24-12-14-5-6-16(22)11-15(14)13-27-2)25-18-17-7-10-26-19(17)21(18)8-3-4-9-21/h5-6,11,17-19H,3-4,7-10,12-13H2,1-2H3,(H2,23,24,25). The Hall–Kier alpha value is -1.27. The van der Waals surface area contributed by atoms with Crippen molar-refractivity contribution in [2.24, 2.45) is 16.3 Å². The van der Waals surface area contributed by atoms with E-state index in [9.17, 15) is 4.39 Å². The Morgan fingerprint density at radius 2 is 2.15 bits per heavy atom. The first-order valence-corrected chi connectivity index (χ1v) is 11.4. The topological polar surface area (TPSA) is 45.7 Å². The molecule has 1 aromatic carbocycles. The van der Waals surface area contributed by atoms with Crippen LogP contribution in [0.15, 0.2) is 23.2 Å². The maximum absolute atomic E-state index is 13.6. The zero-order chi connectivity index (χ0) is 18.9. The van der Waals surface area contributed by atoms with Crippen LogP contribution in [-0.4, -0.2) is 38.0 Å². The third-order valence-corrected chi connectivity index (χ3v) is 7.32. The number of aliphatic imine (C=N–C) groups is 1. The Balaban J connectivity index is 1.42. The van der Waals surface area contributed by atoms with Gasteiger partial charge in [0.15, 0.2) is 5.96 Å². The van der Waals surface area contributed by atoms with Crippen molar-refractivity contribution in [2.45, 2.75) is 56.5 Å². The number of guanidine groups is 1. The lowest BCUT2D eigenvalue weighted by atomic mass is 9.54. The van der Waals surface area contributed by atoms with Crippen LogP contribution in [0.4, 0.5) is 4.39 Å². The fourth-order valence-corrected chi connectivity index (χ4v) is 6.06. The van der Waals surface area contributed by atoms with Crippen LogP contribution in [0.5, 0.6) is 0 Å². The number of rotatable bonds is 5. The van der Waals surface area contributed by atoms with E-state index in [1.165, 1.54) is 31.7 Å². The van der Waals surface area contributed by atoms with E-state index >= 15 is 0 Å². The molecule has 0 bridgehead atoms. The number of nitrogens with zero attached hydrogens (tertiary/aromatic N) is 1. The van der Waals surface area contributed by atoms with Gasteiger partial charge >= 0.3 is 0 Å². The number of fused-ring (bicyclic) bond motifs is 2. The molecule has 0 amide bonds. The largest absolute Gasteiger partial charge is 0.377 e. The van der Waals surface area contributed by atoms with Crippen molar-refractivity contribution in [3.63, 3.8) is 0 Å². The highest BCUT2D eigenvalue weighted by Gasteiger charge is 2.65. The summed E-state index contributed by atoms with van der Waals surface area (Å²) in [6.07, 6.45) is 8.78. The Labute approximate surface area is 165 Å². The molecule has 1 aromatic rings. The number of halogens is 1. The van der Waals surface area contributed by atoms with Gasteiger partial charge in [0.05, 0.1) is 6.10 Å². The van der Waals surface area contributed by atoms with Crippen LogP contribution >= 0.6 is 11.8 Å². The molecule has 1 aliphatic heterocycles. The van der Waals surface area contributed by atoms with Crippen LogP contribution in [0.3, 0.4) is 0 Å². The van der Waals surface area contributed by atoms with Crippen molar-refractivity contribution in [1.82, 2.24) is 10.6 Å². The summed E-state index contributed by atoms with van der Waals surface area (Å²) in [7, 11) is 1.82. The molecular weight excluding hydrogens is 361 g/mol. The van der Waals surface area contributed by atoms with Crippen LogP contribution < -0.4 is 10.6 Å². The van der Waals surface area contributed by atoms with Gasteiger partial charge < -0.3 is 15.4 Å². The van der Waals surface area contributed by atoms with Gasteiger partial charge in [0.25, 0.3) is 0 Å². The van der Waals surface area contributed by atoms with Gasteiger partial charge in [-0.05, 0) is 48.8 Å². The van der Waals surface area contributed by atoms with E-state index in [4.69, 9.17) is 4.74 Å². The first kappa shape index (κ1) is 19.1. The molecule has 6 heteroatoms. The Morgan fingerprint density at radius 1 is 1.33 bits per heavy atom. The molecule has 27 heavy (non-hydrogen) atoms. The molecule has 148 valence electrons. The van der Waals surface area contributed by atoms with E-state index < -0.39 is 0 Å². The summed E-state index contributed by atoms with van der Waals surface area (Å²) < 4.78 is 19.7. The zero-order valence-electron chi connectivity index (χ0n) is 16.3. The second-order valence-electron chi connectivity index (χ2n) is 8.08. The minimum atomic E-state index is -0.171. The normalized spacial score (nSPS) is 28.9. The highest BCUT2D eigenvalue weighted by molar-refractivity contribution is 7.97. The van der Waals surface area contributed by atoms with Gasteiger partial charge in [-0.15, -0.1) is 0 Å². The van der Waals surface area contributed by atoms with Crippen LogP contribution in [0, 0.1) is 17.2 Å². The summed E-state index contributed by atoms with van der Waals surface area (Å²) in [6.45, 7) is 1.55. The Morgan fingerprint density at radius 3 is 2.89 bits per heavy atom. The first-order chi connectivity index (χ1) is 13.2. The molecule has 3 atom stereocenters. The Kier molecular flexibility index (Phi) is 5.65. The van der Waals surface area contributed by atoms with E-state index in [-0.39, 0.29) is 5.82 Å². The van der Waals surface area contributed by atoms with Gasteiger partial charge in [-0.1, -0.05) is 18.9 Å². The number of thioether (sulfide) groups is 1. The highest BCUT2D eigenvalue weighted by atomic mass is 32.2. The summed E-state index contributed by atoms with van der Waals surface area (Å²) in [6, 6.07) is 5.52. The van der Waals surface area contributed by atoms with E-state index in [1.807, 2.05) is 19.4 Å². The second-order valence-corrected chi connectivity index (χ2v) is 8.94. The Bertz CT molecular complexity index is 705. The molecular formula is C21H30FN3OS. The van der Waals surface area contributed by atoms with E-state index in [1.54, 1.807) is 17.8 Å². The van der Waals surface area contributed by atoms with Crippen molar-refractivity contribution < 1.29 is 9.13 Å². The minimum absolute atomic E-state index is 0.171. The van der Waals surface area contributed by atoms with Crippen LogP contribution in [0.1, 0.15) is 43.2 Å². The van der Waals surface area contributed by atoms with Crippen molar-refractivity contribution in [3.05, 3.63) is 35.1 Å². The lowest BCUT2D eigenvalue weighted by molar-refractivity contribution is -0.125. The average molecular weight is 392 g/mol. The smallest absolute Gasteiger partial charge is 0.191 e. The van der Waals surface area contributed by atoms with Crippen LogP contribution in [0.25, 0.3) is 0 Å². The van der Waals surface area contributed by atoms with Crippen LogP contribution in [0.2, 0.25) is 0 Å². The van der Waals surface area contributed by atoms with Gasteiger partial charge in [-0.25, -0.2) is 4.39 Å².